The SMILES string of the molecule is C/C=C\C=NC.C=C(CN=C(C)C(=O)NCc1cccc(C)c1)c1cc(O)c(O)c(O)c1. The summed E-state index contributed by atoms with van der Waals surface area (Å²) in [5.74, 6) is -1.76. The predicted octanol–water partition coefficient (Wildman–Crippen LogP) is 4.17. The Kier molecular flexibility index (Phi) is 11.0. The molecule has 0 unspecified atom stereocenters. The number of aliphatic imine (C=N–C) groups is 2. The van der Waals surface area contributed by atoms with Gasteiger partial charge in [0, 0.05) is 19.8 Å². The van der Waals surface area contributed by atoms with Crippen LogP contribution < -0.4 is 5.32 Å². The molecule has 7 nitrogen and oxygen atoms in total. The number of phenolic OH excluding ortho intramolecular Hbond substituents is 3. The Morgan fingerprint density at radius 3 is 2.34 bits per heavy atom. The maximum atomic E-state index is 12.1. The second kappa shape index (κ2) is 13.4. The minimum absolute atomic E-state index is 0.118. The third kappa shape index (κ3) is 8.87. The highest BCUT2D eigenvalue weighted by Gasteiger charge is 2.11. The highest BCUT2D eigenvalue weighted by Crippen LogP contribution is 2.37. The zero-order chi connectivity index (χ0) is 24.1. The van der Waals surface area contributed by atoms with Crippen molar-refractivity contribution in [1.29, 1.82) is 0 Å². The third-order valence-corrected chi connectivity index (χ3v) is 4.28. The fourth-order valence-corrected chi connectivity index (χ4v) is 2.49. The third-order valence-electron chi connectivity index (χ3n) is 4.28. The first-order valence-corrected chi connectivity index (χ1v) is 10.0. The molecule has 0 aliphatic heterocycles. The van der Waals surface area contributed by atoms with Gasteiger partial charge in [-0.3, -0.25) is 14.8 Å². The van der Waals surface area contributed by atoms with Crippen LogP contribution in [-0.4, -0.2) is 46.7 Å². The molecular weight excluding hydrogens is 406 g/mol. The van der Waals surface area contributed by atoms with Gasteiger partial charge in [-0.15, -0.1) is 0 Å². The highest BCUT2D eigenvalue weighted by atomic mass is 16.3. The van der Waals surface area contributed by atoms with Crippen molar-refractivity contribution in [3.63, 3.8) is 0 Å². The second-order valence-electron chi connectivity index (χ2n) is 6.97. The molecule has 0 radical (unpaired) electrons. The largest absolute Gasteiger partial charge is 0.504 e. The van der Waals surface area contributed by atoms with Crippen molar-refractivity contribution in [3.8, 4) is 17.2 Å². The van der Waals surface area contributed by atoms with E-state index in [2.05, 4.69) is 21.9 Å². The van der Waals surface area contributed by atoms with E-state index in [9.17, 15) is 20.1 Å². The molecule has 0 aliphatic carbocycles. The maximum Gasteiger partial charge on any atom is 0.265 e. The Hall–Kier alpha value is -3.87. The summed E-state index contributed by atoms with van der Waals surface area (Å²) in [6, 6.07) is 10.4. The van der Waals surface area contributed by atoms with Gasteiger partial charge < -0.3 is 20.6 Å². The van der Waals surface area contributed by atoms with E-state index in [1.54, 1.807) is 20.2 Å². The molecule has 0 fully saturated rings. The van der Waals surface area contributed by atoms with Gasteiger partial charge in [-0.1, -0.05) is 42.5 Å². The number of aromatic hydroxyl groups is 3. The van der Waals surface area contributed by atoms with Crippen LogP contribution in [0.1, 0.15) is 30.5 Å². The molecule has 2 aromatic rings. The minimum atomic E-state index is -0.586. The van der Waals surface area contributed by atoms with Gasteiger partial charge in [-0.2, -0.15) is 0 Å². The van der Waals surface area contributed by atoms with Crippen molar-refractivity contribution in [2.45, 2.75) is 27.3 Å². The van der Waals surface area contributed by atoms with E-state index in [1.807, 2.05) is 50.3 Å². The van der Waals surface area contributed by atoms with Gasteiger partial charge in [-0.05, 0) is 55.7 Å². The van der Waals surface area contributed by atoms with Gasteiger partial charge in [0.2, 0.25) is 0 Å². The van der Waals surface area contributed by atoms with Crippen LogP contribution in [0, 0.1) is 6.92 Å². The van der Waals surface area contributed by atoms with E-state index in [0.29, 0.717) is 23.4 Å². The number of carbonyl (C=O) groups excluding carboxylic acids is 1. The summed E-state index contributed by atoms with van der Waals surface area (Å²) in [6.07, 6.45) is 5.58. The number of phenols is 3. The Labute approximate surface area is 189 Å². The molecule has 0 atom stereocenters. The number of aryl methyl sites for hydroxylation is 1. The van der Waals surface area contributed by atoms with Crippen LogP contribution in [0.4, 0.5) is 0 Å². The predicted molar refractivity (Wildman–Crippen MR) is 131 cm³/mol. The number of amides is 1. The summed E-state index contributed by atoms with van der Waals surface area (Å²) in [4.78, 5) is 20.0. The summed E-state index contributed by atoms with van der Waals surface area (Å²) < 4.78 is 0. The molecule has 4 N–H and O–H groups in total. The lowest BCUT2D eigenvalue weighted by Gasteiger charge is -2.08. The molecule has 0 spiro atoms. The van der Waals surface area contributed by atoms with E-state index in [-0.39, 0.29) is 12.5 Å². The first kappa shape index (κ1) is 26.2. The van der Waals surface area contributed by atoms with Crippen LogP contribution in [0.2, 0.25) is 0 Å². The summed E-state index contributed by atoms with van der Waals surface area (Å²) in [5, 5.41) is 31.3. The average molecular weight is 438 g/mol. The summed E-state index contributed by atoms with van der Waals surface area (Å²) in [5.41, 5.74) is 3.34. The molecule has 0 aliphatic rings. The fourth-order valence-electron chi connectivity index (χ4n) is 2.49. The van der Waals surface area contributed by atoms with Crippen molar-refractivity contribution in [3.05, 3.63) is 71.8 Å². The molecule has 0 heterocycles. The van der Waals surface area contributed by atoms with Crippen molar-refractivity contribution in [1.82, 2.24) is 5.32 Å². The van der Waals surface area contributed by atoms with Gasteiger partial charge in [0.05, 0.1) is 12.3 Å². The van der Waals surface area contributed by atoms with E-state index in [4.69, 9.17) is 0 Å². The van der Waals surface area contributed by atoms with Crippen LogP contribution in [-0.2, 0) is 11.3 Å². The Morgan fingerprint density at radius 2 is 1.81 bits per heavy atom. The van der Waals surface area contributed by atoms with Gasteiger partial charge >= 0.3 is 0 Å². The standard InChI is InChI=1S/C20H22N2O4.C5H9N/c1-12-5-4-6-15(7-12)11-22-20(26)14(3)21-10-13(2)16-8-17(23)19(25)18(24)9-16;1-3-4-5-6-2/h4-9,23-25H,2,10-11H2,1,3H3,(H,22,26);3-5H,1-2H3/b;4-3-,6-5?. The topological polar surface area (TPSA) is 115 Å². The molecule has 0 saturated heterocycles. The van der Waals surface area contributed by atoms with Crippen LogP contribution >= 0.6 is 0 Å². The summed E-state index contributed by atoms with van der Waals surface area (Å²) in [7, 11) is 1.75. The molecule has 0 saturated carbocycles. The normalized spacial score (nSPS) is 11.3. The van der Waals surface area contributed by atoms with E-state index >= 15 is 0 Å². The number of hydrogen-bond donors (Lipinski definition) is 4. The molecule has 2 rings (SSSR count). The van der Waals surface area contributed by atoms with E-state index in [1.165, 1.54) is 12.1 Å². The van der Waals surface area contributed by atoms with Crippen LogP contribution in [0.5, 0.6) is 17.2 Å². The van der Waals surface area contributed by atoms with Crippen molar-refractivity contribution < 1.29 is 20.1 Å². The zero-order valence-corrected chi connectivity index (χ0v) is 19.0. The number of allylic oxidation sites excluding steroid dienone is 2. The molecule has 32 heavy (non-hydrogen) atoms. The molecule has 2 aromatic carbocycles. The number of carbonyl (C=O) groups is 1. The van der Waals surface area contributed by atoms with Crippen LogP contribution in [0.15, 0.2) is 65.1 Å². The van der Waals surface area contributed by atoms with Gasteiger partial charge in [0.1, 0.15) is 0 Å². The van der Waals surface area contributed by atoms with E-state index < -0.39 is 17.2 Å². The fraction of sp³-hybridized carbons (Fsp3) is 0.240. The number of benzene rings is 2. The lowest BCUT2D eigenvalue weighted by Crippen LogP contribution is -2.29. The first-order chi connectivity index (χ1) is 15.2. The molecule has 0 bridgehead atoms. The monoisotopic (exact) mass is 437 g/mol. The first-order valence-electron chi connectivity index (χ1n) is 10.0. The summed E-state index contributed by atoms with van der Waals surface area (Å²) >= 11 is 0. The number of hydrogen-bond acceptors (Lipinski definition) is 6. The van der Waals surface area contributed by atoms with Crippen LogP contribution in [0.25, 0.3) is 5.57 Å². The molecule has 0 aromatic heterocycles. The quantitative estimate of drug-likeness (QED) is 0.384. The van der Waals surface area contributed by atoms with Crippen LogP contribution in [0.3, 0.4) is 0 Å². The van der Waals surface area contributed by atoms with Crippen molar-refractivity contribution in [2.75, 3.05) is 13.6 Å². The zero-order valence-electron chi connectivity index (χ0n) is 19.0. The Bertz CT molecular complexity index is 991. The lowest BCUT2D eigenvalue weighted by molar-refractivity contribution is -0.115. The highest BCUT2D eigenvalue weighted by molar-refractivity contribution is 6.37. The molecule has 170 valence electrons. The van der Waals surface area contributed by atoms with Gasteiger partial charge in [0.25, 0.3) is 5.91 Å². The average Bonchev–Trinajstić information content (AvgIpc) is 2.77. The van der Waals surface area contributed by atoms with Gasteiger partial charge in [-0.25, -0.2) is 0 Å². The smallest absolute Gasteiger partial charge is 0.265 e. The Morgan fingerprint density at radius 1 is 1.16 bits per heavy atom. The molecular formula is C25H31N3O4. The van der Waals surface area contributed by atoms with Gasteiger partial charge in [0.15, 0.2) is 17.2 Å². The number of nitrogens with one attached hydrogen (secondary N) is 1. The Balaban J connectivity index is 0.000000751. The summed E-state index contributed by atoms with van der Waals surface area (Å²) in [6.45, 7) is 9.91. The van der Waals surface area contributed by atoms with E-state index in [0.717, 1.165) is 11.1 Å². The van der Waals surface area contributed by atoms with Crippen molar-refractivity contribution in [2.24, 2.45) is 9.98 Å². The molecule has 7 heteroatoms. The second-order valence-corrected chi connectivity index (χ2v) is 6.97. The minimum Gasteiger partial charge on any atom is -0.504 e. The van der Waals surface area contributed by atoms with Crippen molar-refractivity contribution >= 4 is 23.4 Å². The number of rotatable bonds is 7. The lowest BCUT2D eigenvalue weighted by atomic mass is 10.1. The maximum absolute atomic E-state index is 12.1. The molecule has 1 amide bonds. The number of nitrogens with zero attached hydrogens (tertiary/aromatic N) is 2.